The predicted molar refractivity (Wildman–Crippen MR) is 129 cm³/mol. The van der Waals surface area contributed by atoms with Crippen molar-refractivity contribution in [2.75, 3.05) is 26.2 Å². The molecular weight excluding hydrogens is 450 g/mol. The number of pyridine rings is 1. The third-order valence-electron chi connectivity index (χ3n) is 7.29. The molecule has 1 aromatic carbocycles. The number of fused-ring (bicyclic) bond motifs is 1. The van der Waals surface area contributed by atoms with Crippen LogP contribution in [-0.4, -0.2) is 64.3 Å². The average Bonchev–Trinajstić information content (AvgIpc) is 3.29. The smallest absolute Gasteiger partial charge is 0.243 e. The normalized spacial score (nSPS) is 22.2. The molecule has 0 radical (unpaired) electrons. The van der Waals surface area contributed by atoms with E-state index >= 15 is 0 Å². The summed E-state index contributed by atoms with van der Waals surface area (Å²) in [5, 5.41) is 8.67. The number of aryl methyl sites for hydroxylation is 2. The summed E-state index contributed by atoms with van der Waals surface area (Å²) in [5.74, 6) is 0.743. The van der Waals surface area contributed by atoms with Crippen LogP contribution in [0.4, 0.5) is 0 Å². The minimum Gasteiger partial charge on any atom is -0.342 e. The first-order valence-electron chi connectivity index (χ1n) is 12.0. The van der Waals surface area contributed by atoms with Gasteiger partial charge in [-0.3, -0.25) is 9.20 Å². The van der Waals surface area contributed by atoms with Gasteiger partial charge in [0.15, 0.2) is 5.65 Å². The van der Waals surface area contributed by atoms with E-state index in [1.54, 1.807) is 12.1 Å². The molecule has 3 aromatic rings. The first-order chi connectivity index (χ1) is 16.3. The van der Waals surface area contributed by atoms with Crippen LogP contribution in [0, 0.1) is 19.8 Å². The number of aromatic nitrogens is 3. The SMILES string of the molecule is Cc1ccc(S(=O)(=O)N2CCC[C@@H](C(=O)N3CCC[C@@H](c4nnc5ccccn45)C3)C2)cc1C. The lowest BCUT2D eigenvalue weighted by atomic mass is 9.93. The zero-order valence-corrected chi connectivity index (χ0v) is 20.5. The number of hydrogen-bond donors (Lipinski definition) is 0. The summed E-state index contributed by atoms with van der Waals surface area (Å²) in [4.78, 5) is 15.7. The quantitative estimate of drug-likeness (QED) is 0.571. The molecule has 0 saturated carbocycles. The Morgan fingerprint density at radius 2 is 1.79 bits per heavy atom. The van der Waals surface area contributed by atoms with Crippen LogP contribution in [0.25, 0.3) is 5.65 Å². The Kier molecular flexibility index (Phi) is 6.16. The number of benzene rings is 1. The molecule has 9 heteroatoms. The lowest BCUT2D eigenvalue weighted by Gasteiger charge is -2.37. The number of hydrogen-bond acceptors (Lipinski definition) is 5. The lowest BCUT2D eigenvalue weighted by molar-refractivity contribution is -0.138. The maximum Gasteiger partial charge on any atom is 0.243 e. The van der Waals surface area contributed by atoms with E-state index in [1.165, 1.54) is 4.31 Å². The number of carbonyl (C=O) groups excluding carboxylic acids is 1. The summed E-state index contributed by atoms with van der Waals surface area (Å²) < 4.78 is 30.1. The van der Waals surface area contributed by atoms with Crippen LogP contribution in [0.2, 0.25) is 0 Å². The van der Waals surface area contributed by atoms with E-state index < -0.39 is 10.0 Å². The molecule has 2 aromatic heterocycles. The third kappa shape index (κ3) is 4.22. The van der Waals surface area contributed by atoms with Crippen molar-refractivity contribution in [3.05, 3.63) is 59.5 Å². The molecule has 2 saturated heterocycles. The van der Waals surface area contributed by atoms with Gasteiger partial charge in [-0.05, 0) is 74.9 Å². The Balaban J connectivity index is 1.31. The Hall–Kier alpha value is -2.78. The number of amides is 1. The molecule has 0 aliphatic carbocycles. The molecule has 0 N–H and O–H groups in total. The molecule has 4 heterocycles. The van der Waals surface area contributed by atoms with Crippen molar-refractivity contribution in [3.8, 4) is 0 Å². The van der Waals surface area contributed by atoms with Crippen molar-refractivity contribution in [1.82, 2.24) is 23.8 Å². The van der Waals surface area contributed by atoms with Crippen LogP contribution < -0.4 is 0 Å². The van der Waals surface area contributed by atoms with E-state index in [9.17, 15) is 13.2 Å². The topological polar surface area (TPSA) is 87.9 Å². The third-order valence-corrected chi connectivity index (χ3v) is 9.15. The van der Waals surface area contributed by atoms with E-state index in [0.717, 1.165) is 35.4 Å². The van der Waals surface area contributed by atoms with Gasteiger partial charge < -0.3 is 4.90 Å². The summed E-state index contributed by atoms with van der Waals surface area (Å²) in [6, 6.07) is 11.1. The molecule has 5 rings (SSSR count). The number of rotatable bonds is 4. The van der Waals surface area contributed by atoms with E-state index in [0.29, 0.717) is 37.4 Å². The summed E-state index contributed by atoms with van der Waals surface area (Å²) in [6.07, 6.45) is 5.22. The number of likely N-dealkylation sites (tertiary alicyclic amines) is 1. The average molecular weight is 482 g/mol. The van der Waals surface area contributed by atoms with Crippen LogP contribution in [0.1, 0.15) is 48.6 Å². The summed E-state index contributed by atoms with van der Waals surface area (Å²) in [6.45, 7) is 5.87. The van der Waals surface area contributed by atoms with Crippen molar-refractivity contribution in [3.63, 3.8) is 0 Å². The molecule has 1 amide bonds. The summed E-state index contributed by atoms with van der Waals surface area (Å²) >= 11 is 0. The molecular formula is C25H31N5O3S. The molecule has 8 nitrogen and oxygen atoms in total. The van der Waals surface area contributed by atoms with Gasteiger partial charge in [-0.25, -0.2) is 8.42 Å². The van der Waals surface area contributed by atoms with Crippen LogP contribution in [0.5, 0.6) is 0 Å². The van der Waals surface area contributed by atoms with Crippen LogP contribution in [0.15, 0.2) is 47.5 Å². The number of sulfonamides is 1. The highest BCUT2D eigenvalue weighted by Crippen LogP contribution is 2.30. The molecule has 34 heavy (non-hydrogen) atoms. The Bertz CT molecular complexity index is 1320. The first kappa shape index (κ1) is 23.0. The molecule has 2 aliphatic rings. The maximum atomic E-state index is 13.5. The minimum atomic E-state index is -3.63. The van der Waals surface area contributed by atoms with Gasteiger partial charge in [0, 0.05) is 38.3 Å². The van der Waals surface area contributed by atoms with Crippen LogP contribution in [-0.2, 0) is 14.8 Å². The molecule has 180 valence electrons. The number of piperidine rings is 2. The van der Waals surface area contributed by atoms with Crippen molar-refractivity contribution >= 4 is 21.6 Å². The van der Waals surface area contributed by atoms with Crippen LogP contribution in [0.3, 0.4) is 0 Å². The predicted octanol–water partition coefficient (Wildman–Crippen LogP) is 3.15. The monoisotopic (exact) mass is 481 g/mol. The van der Waals surface area contributed by atoms with E-state index in [4.69, 9.17) is 0 Å². The van der Waals surface area contributed by atoms with Gasteiger partial charge in [0.05, 0.1) is 10.8 Å². The van der Waals surface area contributed by atoms with E-state index in [2.05, 4.69) is 10.2 Å². The molecule has 0 spiro atoms. The Labute approximate surface area is 200 Å². The molecule has 0 bridgehead atoms. The van der Waals surface area contributed by atoms with Crippen molar-refractivity contribution in [1.29, 1.82) is 0 Å². The minimum absolute atomic E-state index is 0.0542. The fourth-order valence-electron chi connectivity index (χ4n) is 5.17. The zero-order valence-electron chi connectivity index (χ0n) is 19.7. The fourth-order valence-corrected chi connectivity index (χ4v) is 6.78. The standard InChI is InChI=1S/C25H31N5O3S/c1-18-10-11-22(15-19(18)2)34(32,33)29-13-6-8-21(17-29)25(31)28-12-5-7-20(16-28)24-27-26-23-9-3-4-14-30(23)24/h3-4,9-11,14-15,20-21H,5-8,12-13,16-17H2,1-2H3/t20-,21-/m1/s1. The van der Waals surface area contributed by atoms with Gasteiger partial charge >= 0.3 is 0 Å². The second-order valence-corrected chi connectivity index (χ2v) is 11.5. The fraction of sp³-hybridized carbons (Fsp3) is 0.480. The van der Waals surface area contributed by atoms with E-state index in [-0.39, 0.29) is 24.3 Å². The largest absolute Gasteiger partial charge is 0.342 e. The van der Waals surface area contributed by atoms with Crippen molar-refractivity contribution in [2.24, 2.45) is 5.92 Å². The van der Waals surface area contributed by atoms with Gasteiger partial charge in [0.2, 0.25) is 15.9 Å². The van der Waals surface area contributed by atoms with Crippen molar-refractivity contribution in [2.45, 2.75) is 50.3 Å². The van der Waals surface area contributed by atoms with Gasteiger partial charge in [-0.1, -0.05) is 12.1 Å². The highest BCUT2D eigenvalue weighted by molar-refractivity contribution is 7.89. The van der Waals surface area contributed by atoms with Crippen molar-refractivity contribution < 1.29 is 13.2 Å². The van der Waals surface area contributed by atoms with Gasteiger partial charge in [-0.2, -0.15) is 4.31 Å². The molecule has 2 fully saturated rings. The zero-order chi connectivity index (χ0) is 23.9. The lowest BCUT2D eigenvalue weighted by Crippen LogP contribution is -2.49. The molecule has 2 atom stereocenters. The van der Waals surface area contributed by atoms with Gasteiger partial charge in [0.25, 0.3) is 0 Å². The summed E-state index contributed by atoms with van der Waals surface area (Å²) in [7, 11) is -3.63. The number of carbonyl (C=O) groups is 1. The van der Waals surface area contributed by atoms with E-state index in [1.807, 2.05) is 53.6 Å². The first-order valence-corrected chi connectivity index (χ1v) is 13.4. The maximum absolute atomic E-state index is 13.5. The summed E-state index contributed by atoms with van der Waals surface area (Å²) in [5.41, 5.74) is 2.82. The van der Waals surface area contributed by atoms with Gasteiger partial charge in [0.1, 0.15) is 5.82 Å². The highest BCUT2D eigenvalue weighted by atomic mass is 32.2. The molecule has 2 aliphatic heterocycles. The Morgan fingerprint density at radius 1 is 0.971 bits per heavy atom. The van der Waals surface area contributed by atoms with Crippen LogP contribution >= 0.6 is 0 Å². The Morgan fingerprint density at radius 3 is 2.62 bits per heavy atom. The number of nitrogens with zero attached hydrogens (tertiary/aromatic N) is 5. The second-order valence-electron chi connectivity index (χ2n) is 9.56. The second kappa shape index (κ2) is 9.11. The van der Waals surface area contributed by atoms with Gasteiger partial charge in [-0.15, -0.1) is 10.2 Å². The molecule has 0 unspecified atom stereocenters. The highest BCUT2D eigenvalue weighted by Gasteiger charge is 2.37.